The van der Waals surface area contributed by atoms with Gasteiger partial charge in [0.2, 0.25) is 0 Å². The van der Waals surface area contributed by atoms with Crippen molar-refractivity contribution in [3.05, 3.63) is 59.4 Å². The van der Waals surface area contributed by atoms with Crippen molar-refractivity contribution in [1.29, 1.82) is 0 Å². The van der Waals surface area contributed by atoms with Crippen LogP contribution in [0.2, 0.25) is 0 Å². The van der Waals surface area contributed by atoms with Crippen molar-refractivity contribution < 1.29 is 9.84 Å². The summed E-state index contributed by atoms with van der Waals surface area (Å²) < 4.78 is 5.89. The number of aliphatic hydroxyl groups excluding tert-OH is 1. The second kappa shape index (κ2) is 8.27. The number of hydrogen-bond acceptors (Lipinski definition) is 4. The Morgan fingerprint density at radius 1 is 1.21 bits per heavy atom. The summed E-state index contributed by atoms with van der Waals surface area (Å²) in [5, 5.41) is 10.2. The molecule has 0 bridgehead atoms. The summed E-state index contributed by atoms with van der Waals surface area (Å²) in [5.41, 5.74) is 4.00. The molecule has 1 atom stereocenters. The maximum Gasteiger partial charge on any atom is 0.122 e. The number of nitrogens with zero attached hydrogens (tertiary/aromatic N) is 2. The highest BCUT2D eigenvalue weighted by Crippen LogP contribution is 2.30. The van der Waals surface area contributed by atoms with Crippen molar-refractivity contribution in [2.45, 2.75) is 31.8 Å². The van der Waals surface area contributed by atoms with E-state index >= 15 is 0 Å². The van der Waals surface area contributed by atoms with Gasteiger partial charge in [0, 0.05) is 25.5 Å². The molecule has 0 saturated carbocycles. The van der Waals surface area contributed by atoms with Gasteiger partial charge in [0.25, 0.3) is 0 Å². The van der Waals surface area contributed by atoms with Crippen LogP contribution in [0, 0.1) is 0 Å². The number of ether oxygens (including phenoxy) is 1. The summed E-state index contributed by atoms with van der Waals surface area (Å²) in [4.78, 5) is 6.17. The fourth-order valence-corrected chi connectivity index (χ4v) is 3.28. The van der Waals surface area contributed by atoms with E-state index in [2.05, 4.69) is 16.0 Å². The number of benzene rings is 1. The predicted molar refractivity (Wildman–Crippen MR) is 95.4 cm³/mol. The molecule has 128 valence electrons. The van der Waals surface area contributed by atoms with E-state index in [0.717, 1.165) is 31.6 Å². The van der Waals surface area contributed by atoms with Crippen LogP contribution in [-0.4, -0.2) is 47.8 Å². The number of likely N-dealkylation sites (N-methyl/N-ethyl adjacent to an activating group) is 1. The van der Waals surface area contributed by atoms with Gasteiger partial charge in [-0.25, -0.2) is 0 Å². The number of aliphatic hydroxyl groups is 1. The highest BCUT2D eigenvalue weighted by Gasteiger charge is 2.16. The van der Waals surface area contributed by atoms with Crippen molar-refractivity contribution >= 4 is 0 Å². The monoisotopic (exact) mass is 326 g/mol. The fraction of sp³-hybridized carbons (Fsp3) is 0.450. The molecule has 0 fully saturated rings. The Balaban J connectivity index is 1.42. The van der Waals surface area contributed by atoms with Gasteiger partial charge in [-0.3, -0.25) is 4.98 Å². The average molecular weight is 326 g/mol. The normalized spacial score (nSPS) is 14.6. The Labute approximate surface area is 144 Å². The first kappa shape index (κ1) is 16.9. The highest BCUT2D eigenvalue weighted by atomic mass is 16.5. The first-order chi connectivity index (χ1) is 11.7. The molecule has 1 heterocycles. The Morgan fingerprint density at radius 3 is 2.88 bits per heavy atom. The molecule has 24 heavy (non-hydrogen) atoms. The largest absolute Gasteiger partial charge is 0.491 e. The van der Waals surface area contributed by atoms with E-state index in [1.165, 1.54) is 23.1 Å². The molecule has 2 aromatic rings. The van der Waals surface area contributed by atoms with Gasteiger partial charge >= 0.3 is 0 Å². The number of pyridine rings is 1. The van der Waals surface area contributed by atoms with E-state index in [0.29, 0.717) is 13.2 Å². The summed E-state index contributed by atoms with van der Waals surface area (Å²) in [6, 6.07) is 10.3. The second-order valence-corrected chi connectivity index (χ2v) is 6.58. The van der Waals surface area contributed by atoms with Crippen LogP contribution in [0.15, 0.2) is 42.7 Å². The van der Waals surface area contributed by atoms with Gasteiger partial charge in [-0.2, -0.15) is 0 Å². The van der Waals surface area contributed by atoms with Gasteiger partial charge in [-0.05, 0) is 67.6 Å². The third-order valence-corrected chi connectivity index (χ3v) is 4.59. The third-order valence-electron chi connectivity index (χ3n) is 4.59. The first-order valence-corrected chi connectivity index (χ1v) is 8.71. The van der Waals surface area contributed by atoms with E-state index in [-0.39, 0.29) is 0 Å². The van der Waals surface area contributed by atoms with Crippen molar-refractivity contribution in [2.24, 2.45) is 0 Å². The van der Waals surface area contributed by atoms with Gasteiger partial charge in [0.05, 0.1) is 0 Å². The van der Waals surface area contributed by atoms with Crippen molar-refractivity contribution in [1.82, 2.24) is 9.88 Å². The standard InChI is InChI=1S/C20H26N2O2/c1-22(13-10-16-8-11-21-12-9-16)14-18(23)15-24-20-7-3-5-17-4-2-6-19(17)20/h3,5,7-9,11-12,18,23H,2,4,6,10,13-15H2,1H3. The zero-order valence-corrected chi connectivity index (χ0v) is 14.3. The minimum absolute atomic E-state index is 0.343. The van der Waals surface area contributed by atoms with Crippen LogP contribution in [0.5, 0.6) is 5.75 Å². The molecule has 4 nitrogen and oxygen atoms in total. The molecule has 1 aromatic heterocycles. The summed E-state index contributed by atoms with van der Waals surface area (Å²) in [5.74, 6) is 0.948. The maximum atomic E-state index is 10.2. The summed E-state index contributed by atoms with van der Waals surface area (Å²) in [6.07, 6.45) is 7.55. The molecule has 0 radical (unpaired) electrons. The molecule has 1 N–H and O–H groups in total. The molecular formula is C20H26N2O2. The van der Waals surface area contributed by atoms with E-state index in [1.54, 1.807) is 0 Å². The van der Waals surface area contributed by atoms with Crippen LogP contribution in [0.3, 0.4) is 0 Å². The first-order valence-electron chi connectivity index (χ1n) is 8.71. The molecule has 0 spiro atoms. The number of aromatic nitrogens is 1. The molecule has 0 saturated heterocycles. The van der Waals surface area contributed by atoms with Crippen LogP contribution < -0.4 is 4.74 Å². The molecule has 3 rings (SSSR count). The molecule has 1 unspecified atom stereocenters. The molecule has 4 heteroatoms. The second-order valence-electron chi connectivity index (χ2n) is 6.58. The third kappa shape index (κ3) is 4.56. The minimum atomic E-state index is -0.482. The van der Waals surface area contributed by atoms with Crippen LogP contribution in [0.4, 0.5) is 0 Å². The average Bonchev–Trinajstić information content (AvgIpc) is 3.08. The number of fused-ring (bicyclic) bond motifs is 1. The molecule has 1 aromatic carbocycles. The Hall–Kier alpha value is -1.91. The number of rotatable bonds is 8. The zero-order valence-electron chi connectivity index (χ0n) is 14.3. The molecule has 1 aliphatic carbocycles. The zero-order chi connectivity index (χ0) is 16.8. The lowest BCUT2D eigenvalue weighted by molar-refractivity contribution is 0.0763. The minimum Gasteiger partial charge on any atom is -0.491 e. The smallest absolute Gasteiger partial charge is 0.122 e. The van der Waals surface area contributed by atoms with Crippen LogP contribution in [-0.2, 0) is 19.3 Å². The maximum absolute atomic E-state index is 10.2. The van der Waals surface area contributed by atoms with Gasteiger partial charge < -0.3 is 14.7 Å². The van der Waals surface area contributed by atoms with Gasteiger partial charge in [-0.1, -0.05) is 12.1 Å². The van der Waals surface area contributed by atoms with Gasteiger partial charge in [0.1, 0.15) is 18.5 Å². The lowest BCUT2D eigenvalue weighted by atomic mass is 10.1. The van der Waals surface area contributed by atoms with E-state index in [1.807, 2.05) is 43.7 Å². The van der Waals surface area contributed by atoms with Crippen molar-refractivity contribution in [3.8, 4) is 5.75 Å². The Kier molecular flexibility index (Phi) is 5.83. The quantitative estimate of drug-likeness (QED) is 0.809. The molecular weight excluding hydrogens is 300 g/mol. The molecule has 0 aliphatic heterocycles. The molecule has 1 aliphatic rings. The number of aryl methyl sites for hydroxylation is 1. The van der Waals surface area contributed by atoms with Crippen LogP contribution >= 0.6 is 0 Å². The van der Waals surface area contributed by atoms with Gasteiger partial charge in [-0.15, -0.1) is 0 Å². The Bertz CT molecular complexity index is 645. The van der Waals surface area contributed by atoms with Gasteiger partial charge in [0.15, 0.2) is 0 Å². The summed E-state index contributed by atoms with van der Waals surface area (Å²) in [6.45, 7) is 1.86. The summed E-state index contributed by atoms with van der Waals surface area (Å²) >= 11 is 0. The summed E-state index contributed by atoms with van der Waals surface area (Å²) in [7, 11) is 2.03. The van der Waals surface area contributed by atoms with E-state index in [4.69, 9.17) is 4.74 Å². The van der Waals surface area contributed by atoms with E-state index in [9.17, 15) is 5.11 Å². The van der Waals surface area contributed by atoms with Crippen LogP contribution in [0.25, 0.3) is 0 Å². The lowest BCUT2D eigenvalue weighted by Crippen LogP contribution is -2.34. The topological polar surface area (TPSA) is 45.6 Å². The van der Waals surface area contributed by atoms with Crippen LogP contribution in [0.1, 0.15) is 23.1 Å². The fourth-order valence-electron chi connectivity index (χ4n) is 3.28. The predicted octanol–water partition coefficient (Wildman–Crippen LogP) is 2.48. The Morgan fingerprint density at radius 2 is 2.04 bits per heavy atom. The number of hydrogen-bond donors (Lipinski definition) is 1. The highest BCUT2D eigenvalue weighted by molar-refractivity contribution is 5.43. The van der Waals surface area contributed by atoms with E-state index < -0.39 is 6.10 Å². The molecule has 0 amide bonds. The lowest BCUT2D eigenvalue weighted by Gasteiger charge is -2.21. The van der Waals surface area contributed by atoms with Crippen molar-refractivity contribution in [3.63, 3.8) is 0 Å². The SMILES string of the molecule is CN(CCc1ccncc1)CC(O)COc1cccc2c1CCC2. The van der Waals surface area contributed by atoms with Crippen molar-refractivity contribution in [2.75, 3.05) is 26.7 Å².